The number of halogens is 1. The highest BCUT2D eigenvalue weighted by Crippen LogP contribution is 2.37. The molecule has 0 aliphatic heterocycles. The fourth-order valence-electron chi connectivity index (χ4n) is 2.20. The molecule has 0 saturated heterocycles. The third-order valence-corrected chi connectivity index (χ3v) is 4.14. The lowest BCUT2D eigenvalue weighted by molar-refractivity contribution is -0.146. The highest BCUT2D eigenvalue weighted by atomic mass is 79.9. The first-order chi connectivity index (χ1) is 8.89. The number of hydrogen-bond acceptors (Lipinski definition) is 3. The Bertz CT molecular complexity index is 455. The van der Waals surface area contributed by atoms with Gasteiger partial charge in [-0.2, -0.15) is 0 Å². The Morgan fingerprint density at radius 2 is 2.00 bits per heavy atom. The minimum atomic E-state index is -1.25. The first-order valence-electron chi connectivity index (χ1n) is 6.18. The third kappa shape index (κ3) is 3.28. The fourth-order valence-corrected chi connectivity index (χ4v) is 2.76. The van der Waals surface area contributed by atoms with Crippen molar-refractivity contribution < 1.29 is 19.7 Å². The van der Waals surface area contributed by atoms with E-state index in [4.69, 9.17) is 4.74 Å². The molecule has 0 saturated carbocycles. The Hall–Kier alpha value is -1.07. The quantitative estimate of drug-likeness (QED) is 0.840. The van der Waals surface area contributed by atoms with Crippen LogP contribution in [0.5, 0.6) is 5.75 Å². The molecule has 0 aliphatic rings. The summed E-state index contributed by atoms with van der Waals surface area (Å²) in [4.78, 5) is 11.5. The molecule has 2 N–H and O–H groups in total. The number of rotatable bonds is 6. The first-order valence-corrected chi connectivity index (χ1v) is 6.97. The summed E-state index contributed by atoms with van der Waals surface area (Å²) in [6, 6.07) is 5.06. The number of benzene rings is 1. The summed E-state index contributed by atoms with van der Waals surface area (Å²) >= 11 is 3.34. The first kappa shape index (κ1) is 16.0. The standard InChI is InChI=1S/C14H19BrO4/c1-4-14(18,5-2)12(13(16)17)9-6-7-11(19-3)10(15)8-9/h6-8,12,18H,4-5H2,1-3H3,(H,16,17)/t12-/m0/s1. The minimum absolute atomic E-state index is 0.379. The van der Waals surface area contributed by atoms with Gasteiger partial charge in [-0.05, 0) is 46.5 Å². The number of methoxy groups -OCH3 is 1. The number of aliphatic carboxylic acids is 1. The third-order valence-electron chi connectivity index (χ3n) is 3.52. The molecule has 0 radical (unpaired) electrons. The molecule has 0 aliphatic carbocycles. The largest absolute Gasteiger partial charge is 0.496 e. The molecular weight excluding hydrogens is 312 g/mol. The Morgan fingerprint density at radius 3 is 2.37 bits per heavy atom. The lowest BCUT2D eigenvalue weighted by Gasteiger charge is -2.32. The minimum Gasteiger partial charge on any atom is -0.496 e. The van der Waals surface area contributed by atoms with Gasteiger partial charge in [0.2, 0.25) is 0 Å². The van der Waals surface area contributed by atoms with Crippen LogP contribution in [0.25, 0.3) is 0 Å². The van der Waals surface area contributed by atoms with Gasteiger partial charge in [-0.15, -0.1) is 0 Å². The van der Waals surface area contributed by atoms with E-state index in [-0.39, 0.29) is 0 Å². The average molecular weight is 331 g/mol. The van der Waals surface area contributed by atoms with Gasteiger partial charge in [-0.3, -0.25) is 4.79 Å². The van der Waals surface area contributed by atoms with Crippen molar-refractivity contribution in [1.82, 2.24) is 0 Å². The lowest BCUT2D eigenvalue weighted by atomic mass is 9.78. The van der Waals surface area contributed by atoms with Crippen LogP contribution in [0.3, 0.4) is 0 Å². The molecule has 0 amide bonds. The van der Waals surface area contributed by atoms with Gasteiger partial charge in [0.05, 0.1) is 17.2 Å². The van der Waals surface area contributed by atoms with Crippen LogP contribution >= 0.6 is 15.9 Å². The molecule has 1 aromatic carbocycles. The molecule has 19 heavy (non-hydrogen) atoms. The zero-order valence-corrected chi connectivity index (χ0v) is 12.9. The van der Waals surface area contributed by atoms with Gasteiger partial charge >= 0.3 is 5.97 Å². The summed E-state index contributed by atoms with van der Waals surface area (Å²) in [6.07, 6.45) is 0.758. The van der Waals surface area contributed by atoms with Crippen molar-refractivity contribution in [3.8, 4) is 5.75 Å². The molecule has 0 aromatic heterocycles. The van der Waals surface area contributed by atoms with Crippen molar-refractivity contribution in [2.75, 3.05) is 7.11 Å². The van der Waals surface area contributed by atoms with Crippen LogP contribution in [0.4, 0.5) is 0 Å². The van der Waals surface area contributed by atoms with Crippen LogP contribution in [0.15, 0.2) is 22.7 Å². The van der Waals surface area contributed by atoms with E-state index in [0.717, 1.165) is 0 Å². The monoisotopic (exact) mass is 330 g/mol. The second-order valence-electron chi connectivity index (χ2n) is 4.48. The van der Waals surface area contributed by atoms with Gasteiger partial charge in [-0.25, -0.2) is 0 Å². The predicted molar refractivity (Wildman–Crippen MR) is 76.6 cm³/mol. The zero-order chi connectivity index (χ0) is 14.6. The van der Waals surface area contributed by atoms with Gasteiger partial charge < -0.3 is 14.9 Å². The number of carboxylic acid groups (broad SMARTS) is 1. The van der Waals surface area contributed by atoms with Crippen LogP contribution in [-0.4, -0.2) is 28.9 Å². The second kappa shape index (κ2) is 6.39. The van der Waals surface area contributed by atoms with E-state index in [1.165, 1.54) is 0 Å². The van der Waals surface area contributed by atoms with Gasteiger partial charge in [0.15, 0.2) is 0 Å². The SMILES string of the molecule is CCC(O)(CC)[C@H](C(=O)O)c1ccc(OC)c(Br)c1. The number of aliphatic hydroxyl groups is 1. The summed E-state index contributed by atoms with van der Waals surface area (Å²) in [6.45, 7) is 3.58. The van der Waals surface area contributed by atoms with Crippen molar-refractivity contribution in [2.45, 2.75) is 38.2 Å². The highest BCUT2D eigenvalue weighted by Gasteiger charge is 2.40. The number of carbonyl (C=O) groups is 1. The molecule has 1 rings (SSSR count). The van der Waals surface area contributed by atoms with Crippen LogP contribution in [-0.2, 0) is 4.79 Å². The Labute approximate surface area is 121 Å². The van der Waals surface area contributed by atoms with Crippen molar-refractivity contribution in [3.63, 3.8) is 0 Å². The molecule has 1 aromatic rings. The van der Waals surface area contributed by atoms with Crippen LogP contribution in [0.1, 0.15) is 38.2 Å². The molecule has 5 heteroatoms. The van der Waals surface area contributed by atoms with E-state index < -0.39 is 17.5 Å². The molecule has 4 nitrogen and oxygen atoms in total. The smallest absolute Gasteiger partial charge is 0.313 e. The van der Waals surface area contributed by atoms with Gasteiger partial charge in [0.1, 0.15) is 11.7 Å². The number of carboxylic acids is 1. The Morgan fingerprint density at radius 1 is 1.42 bits per heavy atom. The summed E-state index contributed by atoms with van der Waals surface area (Å²) in [5.74, 6) is -1.35. The molecule has 1 atom stereocenters. The number of ether oxygens (including phenoxy) is 1. The fraction of sp³-hybridized carbons (Fsp3) is 0.500. The van der Waals surface area contributed by atoms with E-state index in [2.05, 4.69) is 15.9 Å². The molecule has 0 spiro atoms. The van der Waals surface area contributed by atoms with E-state index in [0.29, 0.717) is 28.6 Å². The average Bonchev–Trinajstić information content (AvgIpc) is 2.38. The highest BCUT2D eigenvalue weighted by molar-refractivity contribution is 9.10. The lowest BCUT2D eigenvalue weighted by Crippen LogP contribution is -2.39. The van der Waals surface area contributed by atoms with Crippen LogP contribution in [0, 0.1) is 0 Å². The number of hydrogen-bond donors (Lipinski definition) is 2. The van der Waals surface area contributed by atoms with E-state index in [1.54, 1.807) is 39.2 Å². The van der Waals surface area contributed by atoms with E-state index in [9.17, 15) is 15.0 Å². The summed E-state index contributed by atoms with van der Waals surface area (Å²) in [5.41, 5.74) is -0.689. The molecule has 106 valence electrons. The molecular formula is C14H19BrO4. The summed E-state index contributed by atoms with van der Waals surface area (Å²) < 4.78 is 5.80. The molecule has 0 fully saturated rings. The van der Waals surface area contributed by atoms with Crippen LogP contribution in [0.2, 0.25) is 0 Å². The molecule has 0 bridgehead atoms. The second-order valence-corrected chi connectivity index (χ2v) is 5.33. The maximum absolute atomic E-state index is 11.5. The van der Waals surface area contributed by atoms with E-state index >= 15 is 0 Å². The van der Waals surface area contributed by atoms with Gasteiger partial charge in [0.25, 0.3) is 0 Å². The van der Waals surface area contributed by atoms with E-state index in [1.807, 2.05) is 0 Å². The molecule has 0 heterocycles. The Balaban J connectivity index is 3.28. The zero-order valence-electron chi connectivity index (χ0n) is 11.3. The predicted octanol–water partition coefficient (Wildman–Crippen LogP) is 3.18. The van der Waals surface area contributed by atoms with Crippen molar-refractivity contribution in [3.05, 3.63) is 28.2 Å². The Kier molecular flexibility index (Phi) is 5.38. The maximum atomic E-state index is 11.5. The maximum Gasteiger partial charge on any atom is 0.313 e. The normalized spacial score (nSPS) is 13.1. The van der Waals surface area contributed by atoms with Gasteiger partial charge in [0, 0.05) is 0 Å². The summed E-state index contributed by atoms with van der Waals surface area (Å²) in [7, 11) is 1.54. The summed E-state index contributed by atoms with van der Waals surface area (Å²) in [5, 5.41) is 19.9. The van der Waals surface area contributed by atoms with Crippen LogP contribution < -0.4 is 4.74 Å². The molecule has 0 unspecified atom stereocenters. The topological polar surface area (TPSA) is 66.8 Å². The van der Waals surface area contributed by atoms with Gasteiger partial charge in [-0.1, -0.05) is 19.9 Å². The van der Waals surface area contributed by atoms with Crippen molar-refractivity contribution in [1.29, 1.82) is 0 Å². The van der Waals surface area contributed by atoms with Crippen molar-refractivity contribution >= 4 is 21.9 Å². The van der Waals surface area contributed by atoms with Crippen molar-refractivity contribution in [2.24, 2.45) is 0 Å².